The molecule has 0 radical (unpaired) electrons. The Morgan fingerprint density at radius 1 is 1.31 bits per heavy atom. The predicted octanol–water partition coefficient (Wildman–Crippen LogP) is 2.18. The summed E-state index contributed by atoms with van der Waals surface area (Å²) in [7, 11) is 0. The number of aromatic nitrogens is 2. The number of hydrogen-bond donors (Lipinski definition) is 1. The van der Waals surface area contributed by atoms with E-state index in [0.29, 0.717) is 6.04 Å². The second-order valence-corrected chi connectivity index (χ2v) is 4.53. The molecule has 84 valence electrons. The molecule has 3 heteroatoms. The lowest BCUT2D eigenvalue weighted by Gasteiger charge is -2.23. The maximum absolute atomic E-state index is 4.42. The molecule has 1 fully saturated rings. The molecule has 0 bridgehead atoms. The average molecular weight is 215 g/mol. The Bertz CT molecular complexity index is 469. The Balaban J connectivity index is 1.83. The molecule has 0 saturated carbocycles. The van der Waals surface area contributed by atoms with Crippen LogP contribution in [0.2, 0.25) is 0 Å². The third-order valence-corrected chi connectivity index (χ3v) is 3.36. The maximum Gasteiger partial charge on any atom is 0.0958 e. The summed E-state index contributed by atoms with van der Waals surface area (Å²) in [6, 6.07) is 8.95. The van der Waals surface area contributed by atoms with E-state index < -0.39 is 0 Å². The molecule has 3 nitrogen and oxygen atoms in total. The summed E-state index contributed by atoms with van der Waals surface area (Å²) in [5, 5.41) is 3.57. The van der Waals surface area contributed by atoms with Crippen LogP contribution in [0.3, 0.4) is 0 Å². The lowest BCUT2D eigenvalue weighted by atomic mass is 10.1. The van der Waals surface area contributed by atoms with Gasteiger partial charge in [-0.25, -0.2) is 4.98 Å². The minimum atomic E-state index is 0.617. The highest BCUT2D eigenvalue weighted by Gasteiger charge is 2.13. The van der Waals surface area contributed by atoms with Gasteiger partial charge in [0.2, 0.25) is 0 Å². The first-order chi connectivity index (χ1) is 7.93. The molecular weight excluding hydrogens is 198 g/mol. The number of benzene rings is 1. The van der Waals surface area contributed by atoms with E-state index in [1.54, 1.807) is 0 Å². The Morgan fingerprint density at radius 3 is 3.12 bits per heavy atom. The normalized spacial score (nSPS) is 21.4. The fraction of sp³-hybridized carbons (Fsp3) is 0.462. The van der Waals surface area contributed by atoms with Crippen molar-refractivity contribution in [2.75, 3.05) is 6.54 Å². The summed E-state index contributed by atoms with van der Waals surface area (Å²) >= 11 is 0. The van der Waals surface area contributed by atoms with Gasteiger partial charge in [-0.15, -0.1) is 0 Å². The summed E-state index contributed by atoms with van der Waals surface area (Å²) in [5.41, 5.74) is 2.34. The van der Waals surface area contributed by atoms with Gasteiger partial charge < -0.3 is 9.88 Å². The summed E-state index contributed by atoms with van der Waals surface area (Å²) in [6.07, 6.45) is 5.92. The van der Waals surface area contributed by atoms with Crippen LogP contribution in [0.25, 0.3) is 11.0 Å². The van der Waals surface area contributed by atoms with E-state index in [2.05, 4.69) is 33.1 Å². The van der Waals surface area contributed by atoms with E-state index in [1.807, 2.05) is 12.4 Å². The number of fused-ring (bicyclic) bond motifs is 1. The molecule has 1 aromatic carbocycles. The highest BCUT2D eigenvalue weighted by atomic mass is 15.1. The third-order valence-electron chi connectivity index (χ3n) is 3.36. The van der Waals surface area contributed by atoms with Crippen molar-refractivity contribution in [1.29, 1.82) is 0 Å². The highest BCUT2D eigenvalue weighted by molar-refractivity contribution is 5.74. The SMILES string of the molecule is c1ccc2c(c1)ncn2C[C@H]1CCCCN1. The van der Waals surface area contributed by atoms with Crippen molar-refractivity contribution in [3.8, 4) is 0 Å². The van der Waals surface area contributed by atoms with E-state index in [4.69, 9.17) is 0 Å². The molecule has 1 atom stereocenters. The van der Waals surface area contributed by atoms with E-state index in [-0.39, 0.29) is 0 Å². The van der Waals surface area contributed by atoms with Crippen molar-refractivity contribution in [2.45, 2.75) is 31.8 Å². The van der Waals surface area contributed by atoms with Crippen LogP contribution in [0, 0.1) is 0 Å². The molecule has 1 N–H and O–H groups in total. The first-order valence-corrected chi connectivity index (χ1v) is 6.07. The molecule has 2 heterocycles. The summed E-state index contributed by atoms with van der Waals surface area (Å²) in [5.74, 6) is 0. The summed E-state index contributed by atoms with van der Waals surface area (Å²) < 4.78 is 2.26. The Labute approximate surface area is 95.5 Å². The summed E-state index contributed by atoms with van der Waals surface area (Å²) in [6.45, 7) is 2.21. The van der Waals surface area contributed by atoms with Gasteiger partial charge in [-0.05, 0) is 31.5 Å². The van der Waals surface area contributed by atoms with Crippen LogP contribution >= 0.6 is 0 Å². The van der Waals surface area contributed by atoms with Crippen molar-refractivity contribution >= 4 is 11.0 Å². The molecule has 2 aromatic rings. The first kappa shape index (κ1) is 9.85. The Kier molecular flexibility index (Phi) is 2.62. The number of nitrogens with zero attached hydrogens (tertiary/aromatic N) is 2. The molecular formula is C13H17N3. The smallest absolute Gasteiger partial charge is 0.0958 e. The predicted molar refractivity (Wildman–Crippen MR) is 65.4 cm³/mol. The van der Waals surface area contributed by atoms with Crippen LogP contribution in [0.4, 0.5) is 0 Å². The molecule has 1 aliphatic rings. The van der Waals surface area contributed by atoms with E-state index in [0.717, 1.165) is 18.6 Å². The van der Waals surface area contributed by atoms with Gasteiger partial charge in [-0.2, -0.15) is 0 Å². The molecule has 1 aliphatic heterocycles. The van der Waals surface area contributed by atoms with Crippen LogP contribution in [0.15, 0.2) is 30.6 Å². The fourth-order valence-electron chi connectivity index (χ4n) is 2.47. The topological polar surface area (TPSA) is 29.9 Å². The molecule has 0 spiro atoms. The Morgan fingerprint density at radius 2 is 2.25 bits per heavy atom. The van der Waals surface area contributed by atoms with Crippen molar-refractivity contribution < 1.29 is 0 Å². The van der Waals surface area contributed by atoms with Crippen molar-refractivity contribution in [2.24, 2.45) is 0 Å². The molecule has 1 saturated heterocycles. The van der Waals surface area contributed by atoms with Gasteiger partial charge in [0.1, 0.15) is 0 Å². The number of nitrogens with one attached hydrogen (secondary N) is 1. The van der Waals surface area contributed by atoms with Gasteiger partial charge >= 0.3 is 0 Å². The molecule has 0 aliphatic carbocycles. The quantitative estimate of drug-likeness (QED) is 0.832. The molecule has 0 unspecified atom stereocenters. The number of para-hydroxylation sites is 2. The zero-order chi connectivity index (χ0) is 10.8. The Hall–Kier alpha value is -1.35. The average Bonchev–Trinajstić information content (AvgIpc) is 2.74. The van der Waals surface area contributed by atoms with Crippen LogP contribution in [-0.4, -0.2) is 22.1 Å². The fourth-order valence-corrected chi connectivity index (χ4v) is 2.47. The minimum Gasteiger partial charge on any atom is -0.329 e. The molecule has 0 amide bonds. The van der Waals surface area contributed by atoms with Crippen LogP contribution in [-0.2, 0) is 6.54 Å². The number of piperidine rings is 1. The highest BCUT2D eigenvalue weighted by Crippen LogP contribution is 2.15. The van der Waals surface area contributed by atoms with Gasteiger partial charge in [0.15, 0.2) is 0 Å². The van der Waals surface area contributed by atoms with E-state index in [1.165, 1.54) is 24.8 Å². The summed E-state index contributed by atoms with van der Waals surface area (Å²) in [4.78, 5) is 4.42. The number of rotatable bonds is 2. The maximum atomic E-state index is 4.42. The van der Waals surface area contributed by atoms with E-state index >= 15 is 0 Å². The lowest BCUT2D eigenvalue weighted by molar-refractivity contribution is 0.366. The van der Waals surface area contributed by atoms with E-state index in [9.17, 15) is 0 Å². The standard InChI is InChI=1S/C13H17N3/c1-2-7-13-12(6-1)15-10-16(13)9-11-5-3-4-8-14-11/h1-2,6-7,10-11,14H,3-5,8-9H2/t11-/m1/s1. The first-order valence-electron chi connectivity index (χ1n) is 6.07. The lowest BCUT2D eigenvalue weighted by Crippen LogP contribution is -2.37. The zero-order valence-electron chi connectivity index (χ0n) is 9.39. The molecule has 3 rings (SSSR count). The van der Waals surface area contributed by atoms with Crippen LogP contribution in [0.1, 0.15) is 19.3 Å². The van der Waals surface area contributed by atoms with Crippen LogP contribution < -0.4 is 5.32 Å². The number of imidazole rings is 1. The van der Waals surface area contributed by atoms with Gasteiger partial charge in [-0.1, -0.05) is 18.6 Å². The molecule has 16 heavy (non-hydrogen) atoms. The third kappa shape index (κ3) is 1.83. The van der Waals surface area contributed by atoms with Gasteiger partial charge in [0.05, 0.1) is 17.4 Å². The van der Waals surface area contributed by atoms with Crippen molar-refractivity contribution in [3.05, 3.63) is 30.6 Å². The van der Waals surface area contributed by atoms with Crippen LogP contribution in [0.5, 0.6) is 0 Å². The van der Waals surface area contributed by atoms with Crippen molar-refractivity contribution in [3.63, 3.8) is 0 Å². The monoisotopic (exact) mass is 215 g/mol. The molecule has 1 aromatic heterocycles. The van der Waals surface area contributed by atoms with Gasteiger partial charge in [0, 0.05) is 12.6 Å². The number of hydrogen-bond acceptors (Lipinski definition) is 2. The van der Waals surface area contributed by atoms with Gasteiger partial charge in [0.25, 0.3) is 0 Å². The van der Waals surface area contributed by atoms with Gasteiger partial charge in [-0.3, -0.25) is 0 Å². The second kappa shape index (κ2) is 4.26. The van der Waals surface area contributed by atoms with Crippen molar-refractivity contribution in [1.82, 2.24) is 14.9 Å². The largest absolute Gasteiger partial charge is 0.329 e. The minimum absolute atomic E-state index is 0.617. The second-order valence-electron chi connectivity index (χ2n) is 4.53. The zero-order valence-corrected chi connectivity index (χ0v) is 9.39.